The van der Waals surface area contributed by atoms with Crippen molar-refractivity contribution in [2.45, 2.75) is 59.0 Å². The zero-order chi connectivity index (χ0) is 16.5. The Labute approximate surface area is 126 Å². The molecule has 0 aliphatic rings. The molecule has 0 aliphatic heterocycles. The Kier molecular flexibility index (Phi) is 10.6. The molecule has 21 heavy (non-hydrogen) atoms. The van der Waals surface area contributed by atoms with Gasteiger partial charge < -0.3 is 9.47 Å². The molecule has 0 N–H and O–H groups in total. The lowest BCUT2D eigenvalue weighted by atomic mass is 10.3. The highest BCUT2D eigenvalue weighted by Gasteiger charge is 2.33. The van der Waals surface area contributed by atoms with E-state index in [1.54, 1.807) is 34.6 Å². The fourth-order valence-corrected chi connectivity index (χ4v) is 1.90. The third kappa shape index (κ3) is 8.23. The van der Waals surface area contributed by atoms with E-state index in [2.05, 4.69) is 0 Å². The molecule has 0 saturated carbocycles. The second-order valence-corrected chi connectivity index (χ2v) is 5.95. The molecule has 0 saturated heterocycles. The van der Waals surface area contributed by atoms with Crippen LogP contribution in [0.2, 0.25) is 0 Å². The number of rotatable bonds is 12. The predicted octanol–water partition coefficient (Wildman–Crippen LogP) is 2.87. The monoisotopic (exact) mass is 330 g/mol. The number of methoxy groups -OCH3 is 2. The van der Waals surface area contributed by atoms with Crippen LogP contribution >= 0.6 is 7.82 Å². The summed E-state index contributed by atoms with van der Waals surface area (Å²) < 4.78 is 36.9. The van der Waals surface area contributed by atoms with E-state index in [0.29, 0.717) is 0 Å². The van der Waals surface area contributed by atoms with E-state index in [9.17, 15) is 4.57 Å². The Morgan fingerprint density at radius 3 is 1.48 bits per heavy atom. The highest BCUT2D eigenvalue weighted by Crippen LogP contribution is 2.50. The van der Waals surface area contributed by atoms with Crippen molar-refractivity contribution in [3.8, 4) is 0 Å². The van der Waals surface area contributed by atoms with Crippen molar-refractivity contribution in [2.24, 2.45) is 0 Å². The van der Waals surface area contributed by atoms with E-state index in [1.165, 1.54) is 14.2 Å². The average Bonchev–Trinajstić information content (AvgIpc) is 2.48. The first-order valence-electron chi connectivity index (χ1n) is 6.79. The topological polar surface area (TPSA) is 81.7 Å². The molecule has 0 radical (unpaired) electrons. The minimum Gasteiger partial charge on any atom is -0.379 e. The number of hydrogen-bond acceptors (Lipinski definition) is 8. The average molecular weight is 330 g/mol. The van der Waals surface area contributed by atoms with Gasteiger partial charge in [-0.05, 0) is 34.6 Å². The second kappa shape index (κ2) is 10.6. The van der Waals surface area contributed by atoms with Gasteiger partial charge in [0.05, 0.1) is 18.8 Å². The van der Waals surface area contributed by atoms with Crippen LogP contribution in [0, 0.1) is 0 Å². The highest BCUT2D eigenvalue weighted by atomic mass is 31.2. The van der Waals surface area contributed by atoms with Gasteiger partial charge in [-0.2, -0.15) is 0 Å². The fraction of sp³-hybridized carbons (Fsp3) is 1.00. The normalized spacial score (nSPS) is 20.5. The molecule has 0 fully saturated rings. The number of hydrogen-bond donors (Lipinski definition) is 0. The number of phosphoric acid groups is 1. The largest absolute Gasteiger partial charge is 0.529 e. The molecular formula is C12H27O8P. The Hall–Kier alpha value is -0.0500. The second-order valence-electron chi connectivity index (χ2n) is 4.50. The molecule has 0 spiro atoms. The van der Waals surface area contributed by atoms with Crippen LogP contribution in [-0.4, -0.2) is 45.2 Å². The maximum Gasteiger partial charge on any atom is 0.529 e. The summed E-state index contributed by atoms with van der Waals surface area (Å²) in [6.45, 7) is 8.69. The van der Waals surface area contributed by atoms with Gasteiger partial charge in [-0.25, -0.2) is 14.3 Å². The third-order valence-electron chi connectivity index (χ3n) is 2.93. The first-order chi connectivity index (χ1) is 9.79. The maximum atomic E-state index is 12.2. The van der Waals surface area contributed by atoms with Crippen LogP contribution in [-0.2, 0) is 37.7 Å². The van der Waals surface area contributed by atoms with Gasteiger partial charge >= 0.3 is 7.82 Å². The summed E-state index contributed by atoms with van der Waals surface area (Å²) in [4.78, 5) is 9.96. The lowest BCUT2D eigenvalue weighted by Gasteiger charge is -2.23. The maximum absolute atomic E-state index is 12.2. The summed E-state index contributed by atoms with van der Waals surface area (Å²) in [5.41, 5.74) is 0. The standard InChI is InChI=1S/C12H27O8P/c1-8-16-21(13,19-17-11(4)9(2)14-6)20-18-12(5)10(3)15-7/h9-12H,8H2,1-7H3. The van der Waals surface area contributed by atoms with Crippen LogP contribution in [0.5, 0.6) is 0 Å². The van der Waals surface area contributed by atoms with E-state index in [0.717, 1.165) is 0 Å². The molecule has 0 rings (SSSR count). The van der Waals surface area contributed by atoms with E-state index in [-0.39, 0.29) is 18.8 Å². The van der Waals surface area contributed by atoms with Crippen molar-refractivity contribution in [3.05, 3.63) is 0 Å². The molecule has 9 heteroatoms. The van der Waals surface area contributed by atoms with Gasteiger partial charge in [-0.3, -0.25) is 4.52 Å². The first kappa shape index (κ1) is 20.9. The fourth-order valence-electron chi connectivity index (χ4n) is 0.994. The Balaban J connectivity index is 4.45. The summed E-state index contributed by atoms with van der Waals surface area (Å²) in [7, 11) is -0.927. The van der Waals surface area contributed by atoms with Crippen molar-refractivity contribution >= 4 is 7.82 Å². The smallest absolute Gasteiger partial charge is 0.379 e. The van der Waals surface area contributed by atoms with E-state index < -0.39 is 20.0 Å². The van der Waals surface area contributed by atoms with Crippen molar-refractivity contribution in [2.75, 3.05) is 20.8 Å². The lowest BCUT2D eigenvalue weighted by molar-refractivity contribution is -0.323. The van der Waals surface area contributed by atoms with Crippen molar-refractivity contribution in [3.63, 3.8) is 0 Å². The van der Waals surface area contributed by atoms with Gasteiger partial charge in [0.25, 0.3) is 0 Å². The van der Waals surface area contributed by atoms with Crippen molar-refractivity contribution in [1.29, 1.82) is 0 Å². The van der Waals surface area contributed by atoms with Crippen LogP contribution in [0.4, 0.5) is 0 Å². The molecule has 0 heterocycles. The molecule has 128 valence electrons. The van der Waals surface area contributed by atoms with Crippen LogP contribution in [0.15, 0.2) is 0 Å². The van der Waals surface area contributed by atoms with Crippen molar-refractivity contribution in [1.82, 2.24) is 0 Å². The zero-order valence-electron chi connectivity index (χ0n) is 13.7. The lowest BCUT2D eigenvalue weighted by Crippen LogP contribution is -2.26. The molecular weight excluding hydrogens is 303 g/mol. The third-order valence-corrected chi connectivity index (χ3v) is 4.04. The Morgan fingerprint density at radius 2 is 1.19 bits per heavy atom. The van der Waals surface area contributed by atoms with E-state index in [1.807, 2.05) is 0 Å². The van der Waals surface area contributed by atoms with Gasteiger partial charge in [-0.1, -0.05) is 0 Å². The zero-order valence-corrected chi connectivity index (χ0v) is 14.6. The van der Waals surface area contributed by atoms with Gasteiger partial charge in [0.15, 0.2) is 0 Å². The summed E-state index contributed by atoms with van der Waals surface area (Å²) >= 11 is 0. The van der Waals surface area contributed by atoms with E-state index in [4.69, 9.17) is 33.1 Å². The summed E-state index contributed by atoms with van der Waals surface area (Å²) in [5.74, 6) is 0. The molecule has 0 aliphatic carbocycles. The van der Waals surface area contributed by atoms with Gasteiger partial charge in [0.2, 0.25) is 0 Å². The van der Waals surface area contributed by atoms with Gasteiger partial charge in [0, 0.05) is 14.2 Å². The van der Waals surface area contributed by atoms with Crippen LogP contribution in [0.3, 0.4) is 0 Å². The van der Waals surface area contributed by atoms with Crippen LogP contribution < -0.4 is 0 Å². The molecule has 4 unspecified atom stereocenters. The summed E-state index contributed by atoms with van der Waals surface area (Å²) in [5, 5.41) is 0. The Morgan fingerprint density at radius 1 is 0.810 bits per heavy atom. The molecule has 8 nitrogen and oxygen atoms in total. The molecule has 0 amide bonds. The van der Waals surface area contributed by atoms with E-state index >= 15 is 0 Å². The van der Waals surface area contributed by atoms with Crippen molar-refractivity contribution < 1.29 is 37.7 Å². The molecule has 0 aromatic carbocycles. The highest BCUT2D eigenvalue weighted by molar-refractivity contribution is 7.48. The molecule has 0 aromatic rings. The molecule has 0 aromatic heterocycles. The SMILES string of the molecule is CCOP(=O)(OOC(C)C(C)OC)OOC(C)C(C)OC. The quantitative estimate of drug-likeness (QED) is 0.307. The Bertz CT molecular complexity index is 290. The molecule has 4 atom stereocenters. The van der Waals surface area contributed by atoms with Crippen LogP contribution in [0.25, 0.3) is 0 Å². The van der Waals surface area contributed by atoms with Gasteiger partial charge in [-0.15, -0.1) is 9.35 Å². The minimum atomic E-state index is -3.98. The summed E-state index contributed by atoms with van der Waals surface area (Å²) in [6.07, 6.45) is -1.45. The van der Waals surface area contributed by atoms with Crippen LogP contribution in [0.1, 0.15) is 34.6 Å². The predicted molar refractivity (Wildman–Crippen MR) is 75.4 cm³/mol. The number of ether oxygens (including phenoxy) is 2. The first-order valence-corrected chi connectivity index (χ1v) is 8.26. The molecule has 0 bridgehead atoms. The summed E-state index contributed by atoms with van der Waals surface area (Å²) in [6, 6.07) is 0. The minimum absolute atomic E-state index is 0.104. The van der Waals surface area contributed by atoms with Gasteiger partial charge in [0.1, 0.15) is 12.2 Å².